The molecular weight excluding hydrogens is 206 g/mol. The van der Waals surface area contributed by atoms with Gasteiger partial charge in [-0.3, -0.25) is 9.59 Å². The molecule has 1 N–H and O–H groups in total. The molecule has 0 bridgehead atoms. The zero-order valence-electron chi connectivity index (χ0n) is 9.03. The molecule has 0 spiro atoms. The highest BCUT2D eigenvalue weighted by molar-refractivity contribution is 6.07. The summed E-state index contributed by atoms with van der Waals surface area (Å²) in [5.41, 5.74) is 1.33. The lowest BCUT2D eigenvalue weighted by molar-refractivity contribution is -0.131. The van der Waals surface area contributed by atoms with E-state index in [-0.39, 0.29) is 5.78 Å². The molecule has 0 radical (unpaired) electrons. The monoisotopic (exact) mass is 217 g/mol. The second-order valence-electron chi connectivity index (χ2n) is 3.56. The second kappa shape index (κ2) is 3.81. The zero-order chi connectivity index (χ0) is 11.7. The molecule has 82 valence electrons. The number of aromatic amines is 1. The molecule has 1 heterocycles. The summed E-state index contributed by atoms with van der Waals surface area (Å²) in [6, 6.07) is 5.10. The Morgan fingerprint density at radius 1 is 1.25 bits per heavy atom. The zero-order valence-corrected chi connectivity index (χ0v) is 9.03. The van der Waals surface area contributed by atoms with E-state index in [0.29, 0.717) is 11.3 Å². The van der Waals surface area contributed by atoms with Crippen molar-refractivity contribution in [2.75, 3.05) is 0 Å². The predicted octanol–water partition coefficient (Wildman–Crippen LogP) is 2.30. The van der Waals surface area contributed by atoms with Gasteiger partial charge in [0.15, 0.2) is 5.78 Å². The van der Waals surface area contributed by atoms with E-state index < -0.39 is 5.97 Å². The van der Waals surface area contributed by atoms with Crippen LogP contribution in [0.1, 0.15) is 24.2 Å². The number of ketones is 1. The van der Waals surface area contributed by atoms with Gasteiger partial charge < -0.3 is 9.72 Å². The van der Waals surface area contributed by atoms with Crippen molar-refractivity contribution in [3.8, 4) is 5.75 Å². The fourth-order valence-corrected chi connectivity index (χ4v) is 1.66. The number of H-pyrrole nitrogens is 1. The molecule has 1 aromatic carbocycles. The summed E-state index contributed by atoms with van der Waals surface area (Å²) >= 11 is 0. The van der Waals surface area contributed by atoms with Crippen LogP contribution in [0.25, 0.3) is 10.9 Å². The lowest BCUT2D eigenvalue weighted by Crippen LogP contribution is -2.03. The van der Waals surface area contributed by atoms with E-state index in [4.69, 9.17) is 4.74 Å². The lowest BCUT2D eigenvalue weighted by Gasteiger charge is -2.04. The van der Waals surface area contributed by atoms with E-state index >= 15 is 0 Å². The number of carbonyl (C=O) groups excluding carboxylic acids is 2. The normalized spacial score (nSPS) is 10.4. The van der Waals surface area contributed by atoms with Gasteiger partial charge in [-0.15, -0.1) is 0 Å². The number of ether oxygens (including phenoxy) is 1. The van der Waals surface area contributed by atoms with Crippen LogP contribution in [0, 0.1) is 0 Å². The van der Waals surface area contributed by atoms with Crippen LogP contribution in [0.2, 0.25) is 0 Å². The molecule has 0 aliphatic carbocycles. The lowest BCUT2D eigenvalue weighted by atomic mass is 10.1. The van der Waals surface area contributed by atoms with E-state index in [2.05, 4.69) is 4.98 Å². The first-order valence-electron chi connectivity index (χ1n) is 4.88. The number of esters is 1. The molecule has 0 saturated carbocycles. The minimum absolute atomic E-state index is 0.0568. The number of benzene rings is 1. The molecule has 16 heavy (non-hydrogen) atoms. The number of hydrogen-bond acceptors (Lipinski definition) is 3. The van der Waals surface area contributed by atoms with Gasteiger partial charge in [0.05, 0.1) is 0 Å². The molecule has 4 nitrogen and oxygen atoms in total. The maximum absolute atomic E-state index is 11.4. The van der Waals surface area contributed by atoms with Crippen molar-refractivity contribution in [3.05, 3.63) is 30.0 Å². The highest BCUT2D eigenvalue weighted by atomic mass is 16.5. The quantitative estimate of drug-likeness (QED) is 0.477. The van der Waals surface area contributed by atoms with E-state index in [1.165, 1.54) is 13.8 Å². The van der Waals surface area contributed by atoms with E-state index in [1.807, 2.05) is 6.07 Å². The maximum atomic E-state index is 11.4. The molecule has 0 fully saturated rings. The molecule has 0 saturated heterocycles. The summed E-state index contributed by atoms with van der Waals surface area (Å²) in [5, 5.41) is 0.836. The Bertz CT molecular complexity index is 569. The van der Waals surface area contributed by atoms with Crippen LogP contribution in [0.4, 0.5) is 0 Å². The van der Waals surface area contributed by atoms with Crippen LogP contribution >= 0.6 is 0 Å². The molecule has 0 unspecified atom stereocenters. The predicted molar refractivity (Wildman–Crippen MR) is 59.6 cm³/mol. The summed E-state index contributed by atoms with van der Waals surface area (Å²) < 4.78 is 4.97. The van der Waals surface area contributed by atoms with Crippen LogP contribution in [0.5, 0.6) is 5.75 Å². The van der Waals surface area contributed by atoms with Crippen LogP contribution in [0.3, 0.4) is 0 Å². The molecule has 0 aliphatic heterocycles. The van der Waals surface area contributed by atoms with Crippen molar-refractivity contribution >= 4 is 22.7 Å². The van der Waals surface area contributed by atoms with Gasteiger partial charge in [-0.25, -0.2) is 0 Å². The minimum Gasteiger partial charge on any atom is -0.427 e. The highest BCUT2D eigenvalue weighted by Crippen LogP contribution is 2.25. The Balaban J connectivity index is 2.61. The number of rotatable bonds is 2. The number of Topliss-reactive ketones (excluding diaryl/α,β-unsaturated/α-hetero) is 1. The van der Waals surface area contributed by atoms with Crippen molar-refractivity contribution in [3.63, 3.8) is 0 Å². The first-order chi connectivity index (χ1) is 7.58. The average Bonchev–Trinajstić information content (AvgIpc) is 2.62. The van der Waals surface area contributed by atoms with Gasteiger partial charge >= 0.3 is 5.97 Å². The first kappa shape index (κ1) is 10.4. The SMILES string of the molecule is CC(=O)Oc1cc(C(C)=O)c2cc[nH]c2c1. The molecule has 0 amide bonds. The van der Waals surface area contributed by atoms with Crippen molar-refractivity contribution < 1.29 is 14.3 Å². The number of nitrogens with one attached hydrogen (secondary N) is 1. The van der Waals surface area contributed by atoms with Crippen LogP contribution in [0.15, 0.2) is 24.4 Å². The summed E-state index contributed by atoms with van der Waals surface area (Å²) in [6.07, 6.45) is 1.74. The molecular formula is C12H11NO3. The molecule has 0 aliphatic rings. The standard InChI is InChI=1S/C12H11NO3/c1-7(14)11-5-9(16-8(2)15)6-12-10(11)3-4-13-12/h3-6,13H,1-2H3. The van der Waals surface area contributed by atoms with E-state index in [9.17, 15) is 9.59 Å². The van der Waals surface area contributed by atoms with Gasteiger partial charge in [-0.05, 0) is 19.1 Å². The third-order valence-electron chi connectivity index (χ3n) is 2.28. The molecule has 1 aromatic heterocycles. The average molecular weight is 217 g/mol. The number of aromatic nitrogens is 1. The number of fused-ring (bicyclic) bond motifs is 1. The molecule has 2 rings (SSSR count). The third kappa shape index (κ3) is 1.82. The largest absolute Gasteiger partial charge is 0.427 e. The van der Waals surface area contributed by atoms with Gasteiger partial charge in [0, 0.05) is 35.7 Å². The summed E-state index contributed by atoms with van der Waals surface area (Å²) in [4.78, 5) is 25.3. The van der Waals surface area contributed by atoms with Crippen LogP contribution in [-0.4, -0.2) is 16.7 Å². The Kier molecular flexibility index (Phi) is 2.48. The van der Waals surface area contributed by atoms with E-state index in [0.717, 1.165) is 10.9 Å². The summed E-state index contributed by atoms with van der Waals surface area (Å²) in [5.74, 6) is -0.0772. The third-order valence-corrected chi connectivity index (χ3v) is 2.28. The van der Waals surface area contributed by atoms with Crippen LogP contribution < -0.4 is 4.74 Å². The Labute approximate surface area is 92.2 Å². The summed E-state index contributed by atoms with van der Waals surface area (Å²) in [7, 11) is 0. The van der Waals surface area contributed by atoms with Gasteiger partial charge in [0.25, 0.3) is 0 Å². The fraction of sp³-hybridized carbons (Fsp3) is 0.167. The van der Waals surface area contributed by atoms with Gasteiger partial charge in [-0.2, -0.15) is 0 Å². The fourth-order valence-electron chi connectivity index (χ4n) is 1.66. The topological polar surface area (TPSA) is 59.2 Å². The second-order valence-corrected chi connectivity index (χ2v) is 3.56. The van der Waals surface area contributed by atoms with Gasteiger partial charge in [0.1, 0.15) is 5.75 Å². The first-order valence-corrected chi connectivity index (χ1v) is 4.88. The Morgan fingerprint density at radius 3 is 2.62 bits per heavy atom. The van der Waals surface area contributed by atoms with E-state index in [1.54, 1.807) is 18.3 Å². The van der Waals surface area contributed by atoms with Crippen molar-refractivity contribution in [2.45, 2.75) is 13.8 Å². The van der Waals surface area contributed by atoms with Crippen molar-refractivity contribution in [1.82, 2.24) is 4.98 Å². The minimum atomic E-state index is -0.402. The van der Waals surface area contributed by atoms with Crippen LogP contribution in [-0.2, 0) is 4.79 Å². The van der Waals surface area contributed by atoms with Crippen molar-refractivity contribution in [1.29, 1.82) is 0 Å². The Morgan fingerprint density at radius 2 is 2.00 bits per heavy atom. The molecule has 4 heteroatoms. The summed E-state index contributed by atoms with van der Waals surface area (Å²) in [6.45, 7) is 2.81. The number of carbonyl (C=O) groups is 2. The Hall–Kier alpha value is -2.10. The van der Waals surface area contributed by atoms with Gasteiger partial charge in [-0.1, -0.05) is 0 Å². The van der Waals surface area contributed by atoms with Crippen molar-refractivity contribution in [2.24, 2.45) is 0 Å². The molecule has 2 aromatic rings. The smallest absolute Gasteiger partial charge is 0.308 e. The van der Waals surface area contributed by atoms with Gasteiger partial charge in [0.2, 0.25) is 0 Å². The number of hydrogen-bond donors (Lipinski definition) is 1. The maximum Gasteiger partial charge on any atom is 0.308 e. The highest BCUT2D eigenvalue weighted by Gasteiger charge is 2.10. The molecule has 0 atom stereocenters.